The highest BCUT2D eigenvalue weighted by molar-refractivity contribution is 7.89. The summed E-state index contributed by atoms with van der Waals surface area (Å²) in [5.41, 5.74) is 1.51. The van der Waals surface area contributed by atoms with Crippen LogP contribution in [0.3, 0.4) is 0 Å². The van der Waals surface area contributed by atoms with Crippen molar-refractivity contribution in [2.75, 3.05) is 55.4 Å². The maximum absolute atomic E-state index is 12.9. The van der Waals surface area contributed by atoms with Gasteiger partial charge < -0.3 is 20.0 Å². The van der Waals surface area contributed by atoms with Crippen LogP contribution in [0, 0.1) is 0 Å². The largest absolute Gasteiger partial charge is 0.341 e. The number of nitrogens with one attached hydrogen (secondary N) is 1. The molecule has 9 nitrogen and oxygen atoms in total. The number of carbonyl (C=O) groups is 1. The summed E-state index contributed by atoms with van der Waals surface area (Å²) in [6, 6.07) is 10.3. The molecule has 0 unspecified atom stereocenters. The number of likely N-dealkylation sites (N-methyl/N-ethyl adjacent to an activating group) is 2. The van der Waals surface area contributed by atoms with Crippen LogP contribution in [0.5, 0.6) is 0 Å². The lowest BCUT2D eigenvalue weighted by Gasteiger charge is -2.41. The van der Waals surface area contributed by atoms with Gasteiger partial charge in [-0.1, -0.05) is 0 Å². The predicted molar refractivity (Wildman–Crippen MR) is 131 cm³/mol. The maximum atomic E-state index is 12.9. The van der Waals surface area contributed by atoms with Crippen molar-refractivity contribution in [3.8, 4) is 0 Å². The third-order valence-electron chi connectivity index (χ3n) is 6.35. The molecule has 1 atom stereocenters. The number of benzene rings is 1. The second-order valence-corrected chi connectivity index (χ2v) is 10.9. The lowest BCUT2D eigenvalue weighted by atomic mass is 10.1. The van der Waals surface area contributed by atoms with Crippen molar-refractivity contribution >= 4 is 38.9 Å². The average Bonchev–Trinajstić information content (AvgIpc) is 2.78. The van der Waals surface area contributed by atoms with Crippen LogP contribution >= 0.6 is 0 Å². The molecule has 2 aliphatic rings. The van der Waals surface area contributed by atoms with Gasteiger partial charge in [0.25, 0.3) is 0 Å². The summed E-state index contributed by atoms with van der Waals surface area (Å²) < 4.78 is 27.4. The van der Waals surface area contributed by atoms with Crippen molar-refractivity contribution < 1.29 is 13.2 Å². The lowest BCUT2D eigenvalue weighted by Crippen LogP contribution is -2.53. The summed E-state index contributed by atoms with van der Waals surface area (Å²) in [6.45, 7) is 8.44. The van der Waals surface area contributed by atoms with Gasteiger partial charge in [-0.3, -0.25) is 4.79 Å². The van der Waals surface area contributed by atoms with Crippen molar-refractivity contribution in [2.24, 2.45) is 0 Å². The minimum atomic E-state index is -3.50. The molecular formula is C23H32N6O3S. The zero-order valence-electron chi connectivity index (χ0n) is 19.8. The van der Waals surface area contributed by atoms with Gasteiger partial charge in [0.05, 0.1) is 10.6 Å². The van der Waals surface area contributed by atoms with Gasteiger partial charge >= 0.3 is 0 Å². The van der Waals surface area contributed by atoms with Crippen LogP contribution < -0.4 is 15.1 Å². The van der Waals surface area contributed by atoms with E-state index in [1.807, 2.05) is 44.9 Å². The average molecular weight is 473 g/mol. The molecule has 10 heteroatoms. The molecule has 1 N–H and O–H groups in total. The zero-order chi connectivity index (χ0) is 23.9. The number of pyridine rings is 1. The molecule has 1 saturated heterocycles. The monoisotopic (exact) mass is 472 g/mol. The summed E-state index contributed by atoms with van der Waals surface area (Å²) in [4.78, 5) is 23.5. The van der Waals surface area contributed by atoms with E-state index in [9.17, 15) is 13.2 Å². The Morgan fingerprint density at radius 2 is 1.64 bits per heavy atom. The van der Waals surface area contributed by atoms with Crippen molar-refractivity contribution in [1.82, 2.24) is 14.2 Å². The van der Waals surface area contributed by atoms with E-state index >= 15 is 0 Å². The number of amides is 1. The molecule has 0 spiro atoms. The molecule has 178 valence electrons. The van der Waals surface area contributed by atoms with Crippen LogP contribution in [0.2, 0.25) is 0 Å². The number of rotatable bonds is 5. The number of fused-ring (bicyclic) bond motifs is 1. The van der Waals surface area contributed by atoms with Gasteiger partial charge in [-0.25, -0.2) is 13.4 Å². The minimum Gasteiger partial charge on any atom is -0.341 e. The number of anilines is 4. The fraction of sp³-hybridized carbons (Fsp3) is 0.478. The van der Waals surface area contributed by atoms with Crippen molar-refractivity contribution in [3.63, 3.8) is 0 Å². The highest BCUT2D eigenvalue weighted by atomic mass is 32.2. The summed E-state index contributed by atoms with van der Waals surface area (Å²) in [5.74, 6) is 1.42. The van der Waals surface area contributed by atoms with Crippen LogP contribution in [-0.2, 0) is 14.8 Å². The quantitative estimate of drug-likeness (QED) is 0.714. The smallest absolute Gasteiger partial charge is 0.249 e. The number of aromatic nitrogens is 1. The number of sulfonamides is 1. The highest BCUT2D eigenvalue weighted by Gasteiger charge is 2.36. The Hall–Kier alpha value is -2.69. The highest BCUT2D eigenvalue weighted by Crippen LogP contribution is 2.36. The Bertz CT molecular complexity index is 1130. The van der Waals surface area contributed by atoms with Crippen molar-refractivity contribution in [1.29, 1.82) is 0 Å². The molecule has 1 amide bonds. The number of carbonyl (C=O) groups excluding carboxylic acids is 1. The summed E-state index contributed by atoms with van der Waals surface area (Å²) >= 11 is 0. The number of nitrogens with zero attached hydrogens (tertiary/aromatic N) is 5. The van der Waals surface area contributed by atoms with Crippen molar-refractivity contribution in [3.05, 3.63) is 36.4 Å². The molecule has 4 rings (SSSR count). The molecule has 0 saturated carbocycles. The van der Waals surface area contributed by atoms with E-state index in [1.165, 1.54) is 0 Å². The second kappa shape index (κ2) is 8.92. The Kier molecular flexibility index (Phi) is 6.35. The molecule has 1 aromatic carbocycles. The summed E-state index contributed by atoms with van der Waals surface area (Å²) in [7, 11) is 0.261. The fourth-order valence-electron chi connectivity index (χ4n) is 4.39. The lowest BCUT2D eigenvalue weighted by molar-refractivity contribution is -0.119. The summed E-state index contributed by atoms with van der Waals surface area (Å²) in [6.07, 6.45) is 0. The minimum absolute atomic E-state index is 0.0378. The van der Waals surface area contributed by atoms with E-state index in [4.69, 9.17) is 4.98 Å². The van der Waals surface area contributed by atoms with Gasteiger partial charge in [0.15, 0.2) is 5.82 Å². The SMILES string of the molecule is CC(C)N1c2nc(Nc3ccc(S(=O)(=O)N4CCN(C)CC4)cc3)ccc2N(C)C(=O)[C@H]1C. The van der Waals surface area contributed by atoms with Gasteiger partial charge in [0.1, 0.15) is 11.9 Å². The van der Waals surface area contributed by atoms with Gasteiger partial charge in [-0.2, -0.15) is 4.31 Å². The van der Waals surface area contributed by atoms with Gasteiger partial charge in [-0.15, -0.1) is 0 Å². The Balaban J connectivity index is 1.55. The van der Waals surface area contributed by atoms with E-state index in [0.717, 1.165) is 30.3 Å². The second-order valence-electron chi connectivity index (χ2n) is 8.97. The van der Waals surface area contributed by atoms with Crippen LogP contribution in [0.4, 0.5) is 23.0 Å². The molecular weight excluding hydrogens is 440 g/mol. The third kappa shape index (κ3) is 4.42. The molecule has 0 radical (unpaired) electrons. The molecule has 3 heterocycles. The number of hydrogen-bond acceptors (Lipinski definition) is 7. The first-order valence-electron chi connectivity index (χ1n) is 11.2. The molecule has 1 fully saturated rings. The molecule has 0 bridgehead atoms. The van der Waals surface area contributed by atoms with Crippen molar-refractivity contribution in [2.45, 2.75) is 37.8 Å². The van der Waals surface area contributed by atoms with Gasteiger partial charge in [0.2, 0.25) is 15.9 Å². The van der Waals surface area contributed by atoms with Gasteiger partial charge in [0, 0.05) is 45.0 Å². The van der Waals surface area contributed by atoms with E-state index in [0.29, 0.717) is 18.9 Å². The topological polar surface area (TPSA) is 89.1 Å². The van der Waals surface area contributed by atoms with E-state index in [1.54, 1.807) is 40.5 Å². The third-order valence-corrected chi connectivity index (χ3v) is 8.26. The summed E-state index contributed by atoms with van der Waals surface area (Å²) in [5, 5.41) is 3.26. The first-order chi connectivity index (χ1) is 15.6. The zero-order valence-corrected chi connectivity index (χ0v) is 20.6. The first kappa shape index (κ1) is 23.5. The Morgan fingerprint density at radius 3 is 2.24 bits per heavy atom. The van der Waals surface area contributed by atoms with Crippen LogP contribution in [-0.4, -0.2) is 80.9 Å². The van der Waals surface area contributed by atoms with E-state index in [2.05, 4.69) is 10.2 Å². The fourth-order valence-corrected chi connectivity index (χ4v) is 5.81. The van der Waals surface area contributed by atoms with Crippen LogP contribution in [0.25, 0.3) is 0 Å². The molecule has 1 aromatic heterocycles. The normalized spacial score (nSPS) is 20.3. The standard InChI is InChI=1S/C23H32N6O3S/c1-16(2)29-17(3)23(30)27(5)20-10-11-21(25-22(20)29)24-18-6-8-19(9-7-18)33(31,32)28-14-12-26(4)13-15-28/h6-11,16-17H,12-15H2,1-5H3,(H,24,25)/t17-/m1/s1. The molecule has 2 aliphatic heterocycles. The molecule has 0 aliphatic carbocycles. The number of hydrogen-bond donors (Lipinski definition) is 1. The Morgan fingerprint density at radius 1 is 1.00 bits per heavy atom. The predicted octanol–water partition coefficient (Wildman–Crippen LogP) is 2.34. The maximum Gasteiger partial charge on any atom is 0.249 e. The van der Waals surface area contributed by atoms with Crippen LogP contribution in [0.1, 0.15) is 20.8 Å². The van der Waals surface area contributed by atoms with Gasteiger partial charge in [-0.05, 0) is 64.2 Å². The first-order valence-corrected chi connectivity index (χ1v) is 12.7. The molecule has 2 aromatic rings. The van der Waals surface area contributed by atoms with E-state index < -0.39 is 10.0 Å². The van der Waals surface area contributed by atoms with E-state index in [-0.39, 0.29) is 22.9 Å². The Labute approximate surface area is 196 Å². The number of piperazine rings is 1. The molecule has 33 heavy (non-hydrogen) atoms. The van der Waals surface area contributed by atoms with Crippen LogP contribution in [0.15, 0.2) is 41.3 Å².